The van der Waals surface area contributed by atoms with Crippen LogP contribution in [0.25, 0.3) is 0 Å². The molecule has 2 fully saturated rings. The molecule has 35 heavy (non-hydrogen) atoms. The number of aryl methyl sites for hydroxylation is 1. The van der Waals surface area contributed by atoms with Gasteiger partial charge in [-0.1, -0.05) is 12.1 Å². The van der Waals surface area contributed by atoms with E-state index in [-0.39, 0.29) is 29.7 Å². The number of piperazine rings is 1. The summed E-state index contributed by atoms with van der Waals surface area (Å²) in [7, 11) is 0. The Bertz CT molecular complexity index is 991. The Morgan fingerprint density at radius 2 is 1.74 bits per heavy atom. The number of ether oxygens (including phenoxy) is 1. The summed E-state index contributed by atoms with van der Waals surface area (Å²) in [6.07, 6.45) is 3.30. The van der Waals surface area contributed by atoms with Gasteiger partial charge in [0.1, 0.15) is 11.5 Å². The van der Waals surface area contributed by atoms with Gasteiger partial charge in [0, 0.05) is 71.5 Å². The van der Waals surface area contributed by atoms with Gasteiger partial charge < -0.3 is 19.4 Å². The lowest BCUT2D eigenvalue weighted by Crippen LogP contribution is -2.50. The zero-order chi connectivity index (χ0) is 24.6. The Morgan fingerprint density at radius 3 is 2.43 bits per heavy atom. The number of hydrogen-bond acceptors (Lipinski definition) is 7. The summed E-state index contributed by atoms with van der Waals surface area (Å²) in [4.78, 5) is 42.3. The molecule has 1 aromatic heterocycles. The van der Waals surface area contributed by atoms with Gasteiger partial charge in [0.05, 0.1) is 30.8 Å². The number of morpholine rings is 1. The molecular weight excluding hydrogens is 451 g/mol. The molecule has 10 heteroatoms. The second-order valence-electron chi connectivity index (χ2n) is 8.86. The molecule has 2 aliphatic rings. The van der Waals surface area contributed by atoms with Crippen LogP contribution >= 0.6 is 0 Å². The van der Waals surface area contributed by atoms with Crippen LogP contribution in [0.5, 0.6) is 0 Å². The van der Waals surface area contributed by atoms with E-state index in [1.807, 2.05) is 17.9 Å². The highest BCUT2D eigenvalue weighted by atomic mass is 19.1. The van der Waals surface area contributed by atoms with Crippen LogP contribution in [0.2, 0.25) is 0 Å². The fraction of sp³-hybridized carbons (Fsp3) is 0.520. The number of aromatic nitrogens is 2. The molecule has 2 aromatic rings. The highest BCUT2D eigenvalue weighted by molar-refractivity contribution is 5.92. The number of carbonyl (C=O) groups is 2. The molecule has 0 N–H and O–H groups in total. The van der Waals surface area contributed by atoms with Crippen molar-refractivity contribution >= 4 is 17.5 Å². The number of rotatable bonds is 8. The molecule has 9 nitrogen and oxygen atoms in total. The van der Waals surface area contributed by atoms with Crippen molar-refractivity contribution in [1.29, 1.82) is 0 Å². The van der Waals surface area contributed by atoms with Crippen molar-refractivity contribution in [2.45, 2.75) is 13.3 Å². The first-order valence-electron chi connectivity index (χ1n) is 12.2. The van der Waals surface area contributed by atoms with Gasteiger partial charge in [-0.25, -0.2) is 9.37 Å². The number of benzene rings is 1. The average molecular weight is 485 g/mol. The van der Waals surface area contributed by atoms with Crippen LogP contribution < -0.4 is 4.90 Å². The van der Waals surface area contributed by atoms with Crippen LogP contribution in [0.4, 0.5) is 10.1 Å². The molecule has 0 radical (unpaired) electrons. The summed E-state index contributed by atoms with van der Waals surface area (Å²) >= 11 is 0. The van der Waals surface area contributed by atoms with Gasteiger partial charge in [-0.2, -0.15) is 0 Å². The summed E-state index contributed by atoms with van der Waals surface area (Å²) < 4.78 is 19.5. The zero-order valence-electron chi connectivity index (χ0n) is 20.2. The number of carbonyl (C=O) groups excluding carboxylic acids is 2. The molecule has 3 heterocycles. The Balaban J connectivity index is 1.33. The molecule has 0 saturated carbocycles. The molecular formula is C25H33FN6O3. The van der Waals surface area contributed by atoms with Gasteiger partial charge in [-0.3, -0.25) is 19.5 Å². The van der Waals surface area contributed by atoms with E-state index in [9.17, 15) is 14.0 Å². The molecule has 0 unspecified atom stereocenters. The van der Waals surface area contributed by atoms with E-state index in [1.165, 1.54) is 12.3 Å². The first-order chi connectivity index (χ1) is 17.0. The lowest BCUT2D eigenvalue weighted by molar-refractivity contribution is -0.131. The largest absolute Gasteiger partial charge is 0.379 e. The van der Waals surface area contributed by atoms with Gasteiger partial charge in [-0.05, 0) is 19.1 Å². The standard InChI is InChI=1S/C25H33FN6O3/c1-20-18-28-22(19-27-20)25(34)32(9-8-29-14-16-35-17-15-29)7-6-24(33)31-12-10-30(11-13-31)23-5-3-2-4-21(23)26/h2-5,18-19H,6-17H2,1H3. The molecule has 0 aliphatic carbocycles. The van der Waals surface area contributed by atoms with Gasteiger partial charge in [0.25, 0.3) is 5.91 Å². The van der Waals surface area contributed by atoms with Gasteiger partial charge in [-0.15, -0.1) is 0 Å². The van der Waals surface area contributed by atoms with Crippen molar-refractivity contribution in [3.8, 4) is 0 Å². The van der Waals surface area contributed by atoms with Crippen molar-refractivity contribution in [2.24, 2.45) is 0 Å². The molecule has 4 rings (SSSR count). The van der Waals surface area contributed by atoms with Crippen LogP contribution in [0.1, 0.15) is 22.6 Å². The van der Waals surface area contributed by atoms with E-state index < -0.39 is 0 Å². The predicted octanol–water partition coefficient (Wildman–Crippen LogP) is 1.44. The second kappa shape index (κ2) is 12.0. The van der Waals surface area contributed by atoms with Gasteiger partial charge in [0.2, 0.25) is 5.91 Å². The fourth-order valence-electron chi connectivity index (χ4n) is 4.36. The highest BCUT2D eigenvalue weighted by Gasteiger charge is 2.25. The number of hydrogen-bond donors (Lipinski definition) is 0. The van der Waals surface area contributed by atoms with Crippen LogP contribution in [0.15, 0.2) is 36.7 Å². The minimum absolute atomic E-state index is 0.00246. The quantitative estimate of drug-likeness (QED) is 0.561. The van der Waals surface area contributed by atoms with Crippen LogP contribution in [0, 0.1) is 12.7 Å². The number of nitrogens with zero attached hydrogens (tertiary/aromatic N) is 6. The lowest BCUT2D eigenvalue weighted by atomic mass is 10.2. The molecule has 0 bridgehead atoms. The third kappa shape index (κ3) is 6.73. The van der Waals surface area contributed by atoms with Crippen molar-refractivity contribution in [2.75, 3.05) is 77.0 Å². The minimum Gasteiger partial charge on any atom is -0.379 e. The molecule has 0 spiro atoms. The van der Waals surface area contributed by atoms with E-state index in [2.05, 4.69) is 14.9 Å². The van der Waals surface area contributed by atoms with Gasteiger partial charge >= 0.3 is 0 Å². The zero-order valence-corrected chi connectivity index (χ0v) is 20.2. The van der Waals surface area contributed by atoms with E-state index in [4.69, 9.17) is 4.74 Å². The number of anilines is 1. The summed E-state index contributed by atoms with van der Waals surface area (Å²) in [5.74, 6) is -0.471. The maximum Gasteiger partial charge on any atom is 0.274 e. The first-order valence-corrected chi connectivity index (χ1v) is 12.2. The molecule has 2 amide bonds. The number of para-hydroxylation sites is 1. The second-order valence-corrected chi connectivity index (χ2v) is 8.86. The SMILES string of the molecule is Cc1cnc(C(=O)N(CCC(=O)N2CCN(c3ccccc3F)CC2)CCN2CCOCC2)cn1. The Hall–Kier alpha value is -3.11. The summed E-state index contributed by atoms with van der Waals surface area (Å²) in [6.45, 7) is 8.59. The van der Waals surface area contributed by atoms with Crippen molar-refractivity contribution in [3.63, 3.8) is 0 Å². The van der Waals surface area contributed by atoms with Gasteiger partial charge in [0.15, 0.2) is 0 Å². The molecule has 2 saturated heterocycles. The van der Waals surface area contributed by atoms with Crippen LogP contribution in [-0.4, -0.2) is 109 Å². The van der Waals surface area contributed by atoms with Crippen LogP contribution in [-0.2, 0) is 9.53 Å². The third-order valence-corrected chi connectivity index (χ3v) is 6.50. The summed E-state index contributed by atoms with van der Waals surface area (Å²) in [6, 6.07) is 6.70. The lowest BCUT2D eigenvalue weighted by Gasteiger charge is -2.36. The Morgan fingerprint density at radius 1 is 1.00 bits per heavy atom. The molecule has 0 atom stereocenters. The van der Waals surface area contributed by atoms with Crippen molar-refractivity contribution < 1.29 is 18.7 Å². The molecule has 2 aliphatic heterocycles. The fourth-order valence-corrected chi connectivity index (χ4v) is 4.36. The monoisotopic (exact) mass is 484 g/mol. The third-order valence-electron chi connectivity index (χ3n) is 6.50. The summed E-state index contributed by atoms with van der Waals surface area (Å²) in [5.41, 5.74) is 1.59. The number of amides is 2. The highest BCUT2D eigenvalue weighted by Crippen LogP contribution is 2.20. The first kappa shape index (κ1) is 25.0. The van der Waals surface area contributed by atoms with E-state index in [1.54, 1.807) is 28.1 Å². The number of halogens is 1. The summed E-state index contributed by atoms with van der Waals surface area (Å²) in [5, 5.41) is 0. The van der Waals surface area contributed by atoms with Crippen LogP contribution in [0.3, 0.4) is 0 Å². The topological polar surface area (TPSA) is 82.1 Å². The van der Waals surface area contributed by atoms with E-state index in [0.29, 0.717) is 64.7 Å². The van der Waals surface area contributed by atoms with E-state index in [0.717, 1.165) is 18.8 Å². The Kier molecular flexibility index (Phi) is 8.59. The minimum atomic E-state index is -0.249. The predicted molar refractivity (Wildman–Crippen MR) is 130 cm³/mol. The Labute approximate surface area is 205 Å². The smallest absolute Gasteiger partial charge is 0.274 e. The van der Waals surface area contributed by atoms with Crippen molar-refractivity contribution in [1.82, 2.24) is 24.7 Å². The molecule has 188 valence electrons. The maximum atomic E-state index is 14.1. The van der Waals surface area contributed by atoms with E-state index >= 15 is 0 Å². The van der Waals surface area contributed by atoms with Crippen molar-refractivity contribution in [3.05, 3.63) is 53.9 Å². The normalized spacial score (nSPS) is 16.9. The average Bonchev–Trinajstić information content (AvgIpc) is 2.89. The molecule has 1 aromatic carbocycles. The maximum absolute atomic E-state index is 14.1.